The van der Waals surface area contributed by atoms with Crippen molar-refractivity contribution >= 4 is 0 Å². The van der Waals surface area contributed by atoms with E-state index in [0.717, 1.165) is 6.54 Å². The molecule has 0 amide bonds. The van der Waals surface area contributed by atoms with E-state index >= 15 is 0 Å². The van der Waals surface area contributed by atoms with Crippen LogP contribution in [0.3, 0.4) is 0 Å². The minimum atomic E-state index is 0.912. The molecular weight excluding hydrogens is 172 g/mol. The minimum absolute atomic E-state index is 0.912. The Kier molecular flexibility index (Phi) is 2.54. The van der Waals surface area contributed by atoms with Crippen molar-refractivity contribution in [1.82, 2.24) is 4.98 Å². The van der Waals surface area contributed by atoms with Gasteiger partial charge in [0.05, 0.1) is 12.4 Å². The molecular formula is C12H13N2+. The Morgan fingerprint density at radius 2 is 2.00 bits per heavy atom. The number of nitrogens with zero attached hydrogens (tertiary/aromatic N) is 2. The number of rotatable bonds is 2. The summed E-state index contributed by atoms with van der Waals surface area (Å²) in [6, 6.07) is 10.4. The first-order chi connectivity index (χ1) is 6.86. The van der Waals surface area contributed by atoms with E-state index in [1.165, 1.54) is 11.3 Å². The molecule has 0 unspecified atom stereocenters. The van der Waals surface area contributed by atoms with Crippen LogP contribution >= 0.6 is 0 Å². The third-order valence-electron chi connectivity index (χ3n) is 2.24. The maximum absolute atomic E-state index is 4.07. The molecule has 1 heterocycles. The second-order valence-corrected chi connectivity index (χ2v) is 3.33. The lowest BCUT2D eigenvalue weighted by atomic mass is 10.2. The lowest BCUT2D eigenvalue weighted by Gasteiger charge is -1.99. The largest absolute Gasteiger partial charge is 0.252 e. The van der Waals surface area contributed by atoms with E-state index in [4.69, 9.17) is 0 Å². The van der Waals surface area contributed by atoms with E-state index in [0.29, 0.717) is 0 Å². The molecule has 0 radical (unpaired) electrons. The number of hydrogen-bond acceptors (Lipinski definition) is 1. The SMILES string of the molecule is Cc1cncc[n+]1Cc1ccccc1. The summed E-state index contributed by atoms with van der Waals surface area (Å²) in [5.74, 6) is 0. The van der Waals surface area contributed by atoms with E-state index < -0.39 is 0 Å². The zero-order chi connectivity index (χ0) is 9.80. The highest BCUT2D eigenvalue weighted by molar-refractivity contribution is 5.13. The molecule has 1 aromatic heterocycles. The van der Waals surface area contributed by atoms with Gasteiger partial charge >= 0.3 is 0 Å². The van der Waals surface area contributed by atoms with Gasteiger partial charge in [0.15, 0.2) is 18.4 Å². The monoisotopic (exact) mass is 185 g/mol. The van der Waals surface area contributed by atoms with Gasteiger partial charge in [0.2, 0.25) is 0 Å². The summed E-state index contributed by atoms with van der Waals surface area (Å²) in [5, 5.41) is 0. The predicted octanol–water partition coefficient (Wildman–Crippen LogP) is 1.73. The summed E-state index contributed by atoms with van der Waals surface area (Å²) in [5.41, 5.74) is 2.49. The average molecular weight is 185 g/mol. The number of benzene rings is 1. The van der Waals surface area contributed by atoms with Crippen molar-refractivity contribution in [3.8, 4) is 0 Å². The summed E-state index contributed by atoms with van der Waals surface area (Å²) in [6.45, 7) is 2.98. The fourth-order valence-electron chi connectivity index (χ4n) is 1.42. The zero-order valence-corrected chi connectivity index (χ0v) is 8.22. The fraction of sp³-hybridized carbons (Fsp3) is 0.167. The normalized spacial score (nSPS) is 10.1. The van der Waals surface area contributed by atoms with Crippen LogP contribution < -0.4 is 4.57 Å². The van der Waals surface area contributed by atoms with Crippen molar-refractivity contribution in [1.29, 1.82) is 0 Å². The quantitative estimate of drug-likeness (QED) is 0.651. The van der Waals surface area contributed by atoms with Gasteiger partial charge in [0, 0.05) is 12.5 Å². The van der Waals surface area contributed by atoms with E-state index in [1.54, 1.807) is 0 Å². The van der Waals surface area contributed by atoms with Crippen LogP contribution in [0.2, 0.25) is 0 Å². The van der Waals surface area contributed by atoms with Crippen LogP contribution in [0.4, 0.5) is 0 Å². The molecule has 0 aliphatic rings. The summed E-state index contributed by atoms with van der Waals surface area (Å²) in [6.07, 6.45) is 5.70. The van der Waals surface area contributed by atoms with Crippen LogP contribution in [0.5, 0.6) is 0 Å². The summed E-state index contributed by atoms with van der Waals surface area (Å²) >= 11 is 0. The highest BCUT2D eigenvalue weighted by Crippen LogP contribution is 1.97. The molecule has 0 atom stereocenters. The first-order valence-corrected chi connectivity index (χ1v) is 4.70. The fourth-order valence-corrected chi connectivity index (χ4v) is 1.42. The number of aryl methyl sites for hydroxylation is 1. The second-order valence-electron chi connectivity index (χ2n) is 3.33. The van der Waals surface area contributed by atoms with Gasteiger partial charge in [-0.05, 0) is 0 Å². The third-order valence-corrected chi connectivity index (χ3v) is 2.24. The summed E-state index contributed by atoms with van der Waals surface area (Å²) in [4.78, 5) is 4.07. The molecule has 0 spiro atoms. The van der Waals surface area contributed by atoms with Crippen LogP contribution in [0, 0.1) is 6.92 Å². The molecule has 2 nitrogen and oxygen atoms in total. The Morgan fingerprint density at radius 3 is 2.71 bits per heavy atom. The highest BCUT2D eigenvalue weighted by atomic mass is 15.0. The van der Waals surface area contributed by atoms with Gasteiger partial charge in [-0.3, -0.25) is 4.98 Å². The smallest absolute Gasteiger partial charge is 0.196 e. The minimum Gasteiger partial charge on any atom is -0.252 e. The molecule has 0 N–H and O–H groups in total. The molecule has 14 heavy (non-hydrogen) atoms. The van der Waals surface area contributed by atoms with Gasteiger partial charge < -0.3 is 0 Å². The Labute approximate surface area is 83.9 Å². The Bertz CT molecular complexity index is 410. The molecule has 0 aliphatic heterocycles. The van der Waals surface area contributed by atoms with E-state index in [1.807, 2.05) is 24.7 Å². The van der Waals surface area contributed by atoms with Crippen LogP contribution in [-0.2, 0) is 6.54 Å². The van der Waals surface area contributed by atoms with Crippen molar-refractivity contribution in [3.63, 3.8) is 0 Å². The molecule has 0 saturated carbocycles. The summed E-state index contributed by atoms with van der Waals surface area (Å²) in [7, 11) is 0. The topological polar surface area (TPSA) is 16.8 Å². The molecule has 2 rings (SSSR count). The lowest BCUT2D eigenvalue weighted by Crippen LogP contribution is -2.37. The standard InChI is InChI=1S/C12H13N2/c1-11-9-13-7-8-14(11)10-12-5-3-2-4-6-12/h2-9H,10H2,1H3/q+1. The van der Waals surface area contributed by atoms with Crippen LogP contribution in [-0.4, -0.2) is 4.98 Å². The van der Waals surface area contributed by atoms with E-state index in [-0.39, 0.29) is 0 Å². The van der Waals surface area contributed by atoms with Gasteiger partial charge in [0.25, 0.3) is 0 Å². The van der Waals surface area contributed by atoms with Crippen molar-refractivity contribution < 1.29 is 4.57 Å². The molecule has 0 aliphatic carbocycles. The Hall–Kier alpha value is -1.70. The molecule has 0 fully saturated rings. The lowest BCUT2D eigenvalue weighted by molar-refractivity contribution is -0.694. The zero-order valence-electron chi connectivity index (χ0n) is 8.22. The Morgan fingerprint density at radius 1 is 1.21 bits per heavy atom. The van der Waals surface area contributed by atoms with Crippen molar-refractivity contribution in [2.75, 3.05) is 0 Å². The molecule has 2 aromatic rings. The van der Waals surface area contributed by atoms with Gasteiger partial charge in [-0.1, -0.05) is 30.3 Å². The second kappa shape index (κ2) is 4.01. The van der Waals surface area contributed by atoms with E-state index in [2.05, 4.69) is 40.7 Å². The van der Waals surface area contributed by atoms with Crippen molar-refractivity contribution in [3.05, 3.63) is 60.2 Å². The Balaban J connectivity index is 2.24. The third kappa shape index (κ3) is 1.96. The van der Waals surface area contributed by atoms with Gasteiger partial charge in [-0.2, -0.15) is 4.57 Å². The first-order valence-electron chi connectivity index (χ1n) is 4.70. The van der Waals surface area contributed by atoms with Crippen LogP contribution in [0.15, 0.2) is 48.9 Å². The van der Waals surface area contributed by atoms with Crippen LogP contribution in [0.25, 0.3) is 0 Å². The molecule has 0 bridgehead atoms. The molecule has 1 aromatic carbocycles. The first kappa shape index (κ1) is 8.88. The predicted molar refractivity (Wildman–Crippen MR) is 54.7 cm³/mol. The average Bonchev–Trinajstić information content (AvgIpc) is 2.23. The maximum atomic E-state index is 4.07. The molecule has 0 saturated heterocycles. The van der Waals surface area contributed by atoms with Crippen molar-refractivity contribution in [2.45, 2.75) is 13.5 Å². The van der Waals surface area contributed by atoms with E-state index in [9.17, 15) is 0 Å². The number of hydrogen-bond donors (Lipinski definition) is 0. The number of aromatic nitrogens is 2. The van der Waals surface area contributed by atoms with Crippen molar-refractivity contribution in [2.24, 2.45) is 0 Å². The molecule has 70 valence electrons. The van der Waals surface area contributed by atoms with Gasteiger partial charge in [-0.25, -0.2) is 0 Å². The maximum Gasteiger partial charge on any atom is 0.196 e. The van der Waals surface area contributed by atoms with Crippen LogP contribution in [0.1, 0.15) is 11.3 Å². The summed E-state index contributed by atoms with van der Waals surface area (Å²) < 4.78 is 2.18. The molecule has 2 heteroatoms. The van der Waals surface area contributed by atoms with Gasteiger partial charge in [-0.15, -0.1) is 0 Å². The highest BCUT2D eigenvalue weighted by Gasteiger charge is 2.04. The van der Waals surface area contributed by atoms with Gasteiger partial charge in [0.1, 0.15) is 0 Å².